The lowest BCUT2D eigenvalue weighted by molar-refractivity contribution is 0.0695. The van der Waals surface area contributed by atoms with Gasteiger partial charge in [-0.05, 0) is 30.7 Å². The number of rotatable bonds is 3. The molecule has 0 aliphatic heterocycles. The van der Waals surface area contributed by atoms with Gasteiger partial charge in [0.15, 0.2) is 11.6 Å². The molecule has 0 heterocycles. The topological polar surface area (TPSA) is 20.2 Å². The van der Waals surface area contributed by atoms with Crippen LogP contribution in [0.2, 0.25) is 0 Å². The molecule has 1 atom stereocenters. The van der Waals surface area contributed by atoms with Crippen molar-refractivity contribution in [1.82, 2.24) is 0 Å². The molecule has 1 fully saturated rings. The fourth-order valence-electron chi connectivity index (χ4n) is 2.92. The Balaban J connectivity index is 2.08. The van der Waals surface area contributed by atoms with Crippen LogP contribution < -0.4 is 0 Å². The Kier molecular flexibility index (Phi) is 4.33. The van der Waals surface area contributed by atoms with Crippen molar-refractivity contribution in [3.63, 3.8) is 0 Å². The number of aliphatic hydroxyl groups excluding tert-OH is 1. The van der Waals surface area contributed by atoms with Crippen LogP contribution in [0.3, 0.4) is 0 Å². The zero-order valence-corrected chi connectivity index (χ0v) is 10.7. The quantitative estimate of drug-likeness (QED) is 0.856. The first-order chi connectivity index (χ1) is 8.63. The van der Waals surface area contributed by atoms with E-state index in [1.54, 1.807) is 0 Å². The third-order valence-electron chi connectivity index (χ3n) is 4.22. The Morgan fingerprint density at radius 2 is 1.89 bits per heavy atom. The molecule has 1 aliphatic rings. The van der Waals surface area contributed by atoms with Crippen molar-refractivity contribution in [3.8, 4) is 0 Å². The molecular formula is C15H20F2O. The normalized spacial score (nSPS) is 26.0. The highest BCUT2D eigenvalue weighted by atomic mass is 19.2. The van der Waals surface area contributed by atoms with Crippen molar-refractivity contribution in [2.45, 2.75) is 45.1 Å². The lowest BCUT2D eigenvalue weighted by atomic mass is 9.77. The highest BCUT2D eigenvalue weighted by Gasteiger charge is 2.28. The maximum Gasteiger partial charge on any atom is 0.164 e. The molecular weight excluding hydrogens is 234 g/mol. The van der Waals surface area contributed by atoms with Gasteiger partial charge in [-0.1, -0.05) is 38.3 Å². The second kappa shape index (κ2) is 5.79. The predicted octanol–water partition coefficient (Wildman–Crippen LogP) is 4.21. The van der Waals surface area contributed by atoms with E-state index in [0.29, 0.717) is 0 Å². The molecule has 0 saturated heterocycles. The molecule has 0 aromatic heterocycles. The molecule has 1 aliphatic carbocycles. The molecule has 3 heteroatoms. The second-order valence-corrected chi connectivity index (χ2v) is 5.28. The van der Waals surface area contributed by atoms with Crippen molar-refractivity contribution >= 4 is 0 Å². The second-order valence-electron chi connectivity index (χ2n) is 5.28. The lowest BCUT2D eigenvalue weighted by Crippen LogP contribution is -2.21. The van der Waals surface area contributed by atoms with E-state index in [1.807, 2.05) is 0 Å². The molecule has 0 spiro atoms. The van der Waals surface area contributed by atoms with E-state index >= 15 is 0 Å². The molecule has 1 aromatic carbocycles. The smallest absolute Gasteiger partial charge is 0.164 e. The van der Waals surface area contributed by atoms with Crippen molar-refractivity contribution in [3.05, 3.63) is 35.4 Å². The first kappa shape index (κ1) is 13.5. The SMILES string of the molecule is CCC1CCC(C(O)c2cccc(F)c2F)CC1. The number of benzene rings is 1. The first-order valence-electron chi connectivity index (χ1n) is 6.75. The molecule has 2 rings (SSSR count). The van der Waals surface area contributed by atoms with Gasteiger partial charge in [-0.25, -0.2) is 8.78 Å². The molecule has 0 radical (unpaired) electrons. The minimum absolute atomic E-state index is 0.0594. The molecule has 0 bridgehead atoms. The zero-order valence-electron chi connectivity index (χ0n) is 10.7. The third kappa shape index (κ3) is 2.72. The average Bonchev–Trinajstić information content (AvgIpc) is 2.41. The van der Waals surface area contributed by atoms with Crippen LogP contribution in [0.25, 0.3) is 0 Å². The van der Waals surface area contributed by atoms with Gasteiger partial charge in [-0.15, -0.1) is 0 Å². The maximum absolute atomic E-state index is 13.6. The van der Waals surface area contributed by atoms with Gasteiger partial charge >= 0.3 is 0 Å². The van der Waals surface area contributed by atoms with E-state index in [2.05, 4.69) is 6.92 Å². The minimum atomic E-state index is -0.900. The first-order valence-corrected chi connectivity index (χ1v) is 6.75. The van der Waals surface area contributed by atoms with Crippen LogP contribution in [0.4, 0.5) is 8.78 Å². The molecule has 1 unspecified atom stereocenters. The van der Waals surface area contributed by atoms with Crippen molar-refractivity contribution in [2.75, 3.05) is 0 Å². The summed E-state index contributed by atoms with van der Waals surface area (Å²) in [5.41, 5.74) is 0.106. The van der Waals surface area contributed by atoms with Crippen LogP contribution >= 0.6 is 0 Å². The summed E-state index contributed by atoms with van der Waals surface area (Å²) in [4.78, 5) is 0. The molecule has 1 N–H and O–H groups in total. The predicted molar refractivity (Wildman–Crippen MR) is 67.1 cm³/mol. The summed E-state index contributed by atoms with van der Waals surface area (Å²) in [6, 6.07) is 4.02. The van der Waals surface area contributed by atoms with Gasteiger partial charge in [0.05, 0.1) is 6.10 Å². The van der Waals surface area contributed by atoms with Gasteiger partial charge in [0.2, 0.25) is 0 Å². The van der Waals surface area contributed by atoms with Crippen LogP contribution in [0, 0.1) is 23.5 Å². The van der Waals surface area contributed by atoms with E-state index in [1.165, 1.54) is 12.1 Å². The Hall–Kier alpha value is -0.960. The van der Waals surface area contributed by atoms with E-state index in [0.717, 1.165) is 44.1 Å². The standard InChI is InChI=1S/C15H20F2O/c1-2-10-6-8-11(9-7-10)15(18)12-4-3-5-13(16)14(12)17/h3-5,10-11,15,18H,2,6-9H2,1H3. The summed E-state index contributed by atoms with van der Waals surface area (Å²) < 4.78 is 26.8. The molecule has 100 valence electrons. The van der Waals surface area contributed by atoms with Crippen LogP contribution in [0.1, 0.15) is 50.7 Å². The Morgan fingerprint density at radius 1 is 1.22 bits per heavy atom. The molecule has 0 amide bonds. The van der Waals surface area contributed by atoms with Crippen LogP contribution in [-0.4, -0.2) is 5.11 Å². The number of hydrogen-bond donors (Lipinski definition) is 1. The van der Waals surface area contributed by atoms with Gasteiger partial charge in [-0.3, -0.25) is 0 Å². The summed E-state index contributed by atoms with van der Waals surface area (Å²) in [6.07, 6.45) is 4.24. The van der Waals surface area contributed by atoms with E-state index in [-0.39, 0.29) is 11.5 Å². The summed E-state index contributed by atoms with van der Waals surface area (Å²) in [6.45, 7) is 2.17. The Morgan fingerprint density at radius 3 is 2.50 bits per heavy atom. The van der Waals surface area contributed by atoms with Crippen molar-refractivity contribution < 1.29 is 13.9 Å². The van der Waals surface area contributed by atoms with Crippen molar-refractivity contribution in [1.29, 1.82) is 0 Å². The van der Waals surface area contributed by atoms with Gasteiger partial charge in [0.1, 0.15) is 0 Å². The molecule has 18 heavy (non-hydrogen) atoms. The fraction of sp³-hybridized carbons (Fsp3) is 0.600. The monoisotopic (exact) mass is 254 g/mol. The van der Waals surface area contributed by atoms with Gasteiger partial charge in [0, 0.05) is 5.56 Å². The molecule has 1 saturated carbocycles. The number of halogens is 2. The average molecular weight is 254 g/mol. The summed E-state index contributed by atoms with van der Waals surface area (Å²) in [7, 11) is 0. The lowest BCUT2D eigenvalue weighted by Gasteiger charge is -2.31. The zero-order chi connectivity index (χ0) is 13.1. The highest BCUT2D eigenvalue weighted by Crippen LogP contribution is 2.38. The maximum atomic E-state index is 13.6. The Labute approximate surface area is 107 Å². The molecule has 1 aromatic rings. The largest absolute Gasteiger partial charge is 0.388 e. The van der Waals surface area contributed by atoms with E-state index in [9.17, 15) is 13.9 Å². The van der Waals surface area contributed by atoms with E-state index < -0.39 is 17.7 Å². The fourth-order valence-corrected chi connectivity index (χ4v) is 2.92. The summed E-state index contributed by atoms with van der Waals surface area (Å²) in [5, 5.41) is 10.2. The van der Waals surface area contributed by atoms with Gasteiger partial charge in [0.25, 0.3) is 0 Å². The number of aliphatic hydroxyl groups is 1. The van der Waals surface area contributed by atoms with Crippen LogP contribution in [0.15, 0.2) is 18.2 Å². The summed E-state index contributed by atoms with van der Waals surface area (Å²) in [5.74, 6) is -0.994. The highest BCUT2D eigenvalue weighted by molar-refractivity contribution is 5.22. The molecule has 1 nitrogen and oxygen atoms in total. The van der Waals surface area contributed by atoms with Gasteiger partial charge in [-0.2, -0.15) is 0 Å². The summed E-state index contributed by atoms with van der Waals surface area (Å²) >= 11 is 0. The Bertz CT molecular complexity index is 397. The number of hydrogen-bond acceptors (Lipinski definition) is 1. The van der Waals surface area contributed by atoms with Crippen LogP contribution in [0.5, 0.6) is 0 Å². The third-order valence-corrected chi connectivity index (χ3v) is 4.22. The van der Waals surface area contributed by atoms with Gasteiger partial charge < -0.3 is 5.11 Å². The van der Waals surface area contributed by atoms with Crippen LogP contribution in [-0.2, 0) is 0 Å². The van der Waals surface area contributed by atoms with E-state index in [4.69, 9.17) is 0 Å². The van der Waals surface area contributed by atoms with Crippen molar-refractivity contribution in [2.24, 2.45) is 11.8 Å². The minimum Gasteiger partial charge on any atom is -0.388 e.